The van der Waals surface area contributed by atoms with Crippen LogP contribution in [-0.4, -0.2) is 29.7 Å². The lowest BCUT2D eigenvalue weighted by Gasteiger charge is -2.29. The van der Waals surface area contributed by atoms with Crippen molar-refractivity contribution in [3.05, 3.63) is 71.3 Å². The van der Waals surface area contributed by atoms with Crippen molar-refractivity contribution in [1.82, 2.24) is 0 Å². The molecule has 0 bridgehead atoms. The largest absolute Gasteiger partial charge is 0.374 e. The van der Waals surface area contributed by atoms with Crippen molar-refractivity contribution < 1.29 is 40.9 Å². The van der Waals surface area contributed by atoms with Gasteiger partial charge in [-0.1, -0.05) is 30.3 Å². The van der Waals surface area contributed by atoms with E-state index in [2.05, 4.69) is 4.74 Å². The third kappa shape index (κ3) is 3.19. The number of hydrogen-bond acceptors (Lipinski definition) is 3. The highest BCUT2D eigenvalue weighted by molar-refractivity contribution is 5.29. The summed E-state index contributed by atoms with van der Waals surface area (Å²) in [4.78, 5) is 0. The summed E-state index contributed by atoms with van der Waals surface area (Å²) in [5, 5.41) is 10.1. The third-order valence-corrected chi connectivity index (χ3v) is 4.24. The molecular weight excluding hydrogens is 378 g/mol. The van der Waals surface area contributed by atoms with E-state index in [1.165, 1.54) is 0 Å². The van der Waals surface area contributed by atoms with Crippen molar-refractivity contribution in [3.8, 4) is 0 Å². The molecule has 0 aromatic heterocycles. The van der Waals surface area contributed by atoms with Crippen molar-refractivity contribution in [2.24, 2.45) is 0 Å². The zero-order valence-electron chi connectivity index (χ0n) is 13.6. The molecule has 2 aromatic rings. The Morgan fingerprint density at radius 2 is 1.67 bits per heavy atom. The van der Waals surface area contributed by atoms with Crippen LogP contribution in [0.5, 0.6) is 0 Å². The van der Waals surface area contributed by atoms with Gasteiger partial charge in [-0.3, -0.25) is 0 Å². The highest BCUT2D eigenvalue weighted by Crippen LogP contribution is 2.57. The molecule has 1 saturated heterocycles. The molecule has 0 unspecified atom stereocenters. The van der Waals surface area contributed by atoms with Crippen LogP contribution in [0.15, 0.2) is 48.5 Å². The Morgan fingerprint density at radius 3 is 2.30 bits per heavy atom. The minimum atomic E-state index is -5.18. The summed E-state index contributed by atoms with van der Waals surface area (Å²) >= 11 is 0. The molecule has 0 saturated carbocycles. The fourth-order valence-corrected chi connectivity index (χ4v) is 2.78. The summed E-state index contributed by atoms with van der Waals surface area (Å²) in [6, 6.07) is 9.49. The van der Waals surface area contributed by atoms with E-state index in [1.54, 1.807) is 30.3 Å². The number of rotatable bonds is 5. The van der Waals surface area contributed by atoms with Gasteiger partial charge in [-0.25, -0.2) is 8.78 Å². The first-order valence-corrected chi connectivity index (χ1v) is 7.82. The minimum absolute atomic E-state index is 0.161. The maximum atomic E-state index is 14.3. The maximum Gasteiger partial charge on any atom is 0.369 e. The molecule has 9 heteroatoms. The van der Waals surface area contributed by atoms with Crippen LogP contribution in [0.4, 0.5) is 26.3 Å². The molecule has 1 N–H and O–H groups in total. The summed E-state index contributed by atoms with van der Waals surface area (Å²) in [5.74, 6) is -16.8. The average Bonchev–Trinajstić information content (AvgIpc) is 2.73. The third-order valence-electron chi connectivity index (χ3n) is 4.24. The molecule has 2 atom stereocenters. The molecule has 0 radical (unpaired) electrons. The number of hydrogen-bond donors (Lipinski definition) is 1. The summed E-state index contributed by atoms with van der Waals surface area (Å²) < 4.78 is 93.3. The second-order valence-electron chi connectivity index (χ2n) is 6.07. The van der Waals surface area contributed by atoms with E-state index in [1.807, 2.05) is 0 Å². The molecular formula is C18H14F6O3. The van der Waals surface area contributed by atoms with Crippen molar-refractivity contribution >= 4 is 0 Å². The van der Waals surface area contributed by atoms with Gasteiger partial charge in [0.2, 0.25) is 0 Å². The summed E-state index contributed by atoms with van der Waals surface area (Å²) in [6.45, 7) is -1.14. The van der Waals surface area contributed by atoms with Crippen molar-refractivity contribution in [2.75, 3.05) is 6.61 Å². The molecule has 1 aliphatic rings. The smallest absolute Gasteiger partial charge is 0.369 e. The molecule has 2 aromatic carbocycles. The predicted molar refractivity (Wildman–Crippen MR) is 81.1 cm³/mol. The second-order valence-corrected chi connectivity index (χ2v) is 6.07. The van der Waals surface area contributed by atoms with Gasteiger partial charge >= 0.3 is 11.8 Å². The lowest BCUT2D eigenvalue weighted by atomic mass is 9.95. The standard InChI is InChI=1S/C18H14F6O3/c19-12-6-7-13(14(20)8-12)17(25)18(23,24)16(21,22)15(27-17)10-26-9-11-4-2-1-3-5-11/h1-8,15,25H,9-10H2/t15-,17+/m0/s1. The number of ether oxygens (including phenoxy) is 2. The Balaban J connectivity index is 1.83. The monoisotopic (exact) mass is 392 g/mol. The van der Waals surface area contributed by atoms with Gasteiger partial charge in [-0.15, -0.1) is 0 Å². The number of aliphatic hydroxyl groups is 1. The molecule has 1 fully saturated rings. The van der Waals surface area contributed by atoms with Crippen LogP contribution in [0.2, 0.25) is 0 Å². The fraction of sp³-hybridized carbons (Fsp3) is 0.333. The first-order chi connectivity index (χ1) is 12.6. The van der Waals surface area contributed by atoms with Crippen LogP contribution in [0.1, 0.15) is 11.1 Å². The maximum absolute atomic E-state index is 14.3. The van der Waals surface area contributed by atoms with Crippen LogP contribution in [0, 0.1) is 11.6 Å². The zero-order valence-corrected chi connectivity index (χ0v) is 13.6. The second kappa shape index (κ2) is 6.81. The van der Waals surface area contributed by atoms with Gasteiger partial charge in [-0.2, -0.15) is 17.6 Å². The van der Waals surface area contributed by atoms with Crippen LogP contribution in [0.3, 0.4) is 0 Å². The quantitative estimate of drug-likeness (QED) is 0.782. The van der Waals surface area contributed by atoms with Gasteiger partial charge in [-0.05, 0) is 17.7 Å². The van der Waals surface area contributed by atoms with Crippen molar-refractivity contribution in [2.45, 2.75) is 30.3 Å². The average molecular weight is 392 g/mol. The van der Waals surface area contributed by atoms with E-state index < -0.39 is 47.5 Å². The Kier molecular flexibility index (Phi) is 4.96. The molecule has 0 amide bonds. The van der Waals surface area contributed by atoms with Crippen molar-refractivity contribution in [1.29, 1.82) is 0 Å². The predicted octanol–water partition coefficient (Wildman–Crippen LogP) is 4.00. The first-order valence-electron chi connectivity index (χ1n) is 7.82. The zero-order chi connectivity index (χ0) is 19.9. The lowest BCUT2D eigenvalue weighted by Crippen LogP contribution is -2.52. The molecule has 146 valence electrons. The van der Waals surface area contributed by atoms with Crippen LogP contribution in [0.25, 0.3) is 0 Å². The van der Waals surface area contributed by atoms with Crippen LogP contribution in [-0.2, 0) is 21.9 Å². The molecule has 1 heterocycles. The summed E-state index contributed by atoms with van der Waals surface area (Å²) in [5.41, 5.74) is -0.690. The normalized spacial score (nSPS) is 26.3. The van der Waals surface area contributed by atoms with E-state index in [-0.39, 0.29) is 12.7 Å². The molecule has 3 rings (SSSR count). The van der Waals surface area contributed by atoms with Gasteiger partial charge < -0.3 is 14.6 Å². The van der Waals surface area contributed by atoms with E-state index in [9.17, 15) is 31.4 Å². The molecule has 1 aliphatic heterocycles. The molecule has 27 heavy (non-hydrogen) atoms. The van der Waals surface area contributed by atoms with Gasteiger partial charge in [0.05, 0.1) is 18.8 Å². The van der Waals surface area contributed by atoms with E-state index in [0.717, 1.165) is 0 Å². The van der Waals surface area contributed by atoms with E-state index in [0.29, 0.717) is 17.7 Å². The minimum Gasteiger partial charge on any atom is -0.374 e. The van der Waals surface area contributed by atoms with Gasteiger partial charge in [0.25, 0.3) is 5.79 Å². The van der Waals surface area contributed by atoms with Crippen molar-refractivity contribution in [3.63, 3.8) is 0 Å². The molecule has 3 nitrogen and oxygen atoms in total. The van der Waals surface area contributed by atoms with Gasteiger partial charge in [0, 0.05) is 6.07 Å². The Labute approximate surface area is 150 Å². The lowest BCUT2D eigenvalue weighted by molar-refractivity contribution is -0.310. The SMILES string of the molecule is O[C@]1(c2ccc(F)cc2F)O[C@@H](COCc2ccccc2)C(F)(F)C1(F)F. The fourth-order valence-electron chi connectivity index (χ4n) is 2.78. The first kappa shape index (κ1) is 19.7. The summed E-state index contributed by atoms with van der Waals surface area (Å²) in [6.07, 6.45) is -2.55. The Bertz CT molecular complexity index is 814. The number of alkyl halides is 4. The topological polar surface area (TPSA) is 38.7 Å². The highest BCUT2D eigenvalue weighted by Gasteiger charge is 2.80. The summed E-state index contributed by atoms with van der Waals surface area (Å²) in [7, 11) is 0. The van der Waals surface area contributed by atoms with Gasteiger partial charge in [0.15, 0.2) is 6.10 Å². The van der Waals surface area contributed by atoms with E-state index >= 15 is 0 Å². The molecule has 0 aliphatic carbocycles. The van der Waals surface area contributed by atoms with Crippen LogP contribution >= 0.6 is 0 Å². The van der Waals surface area contributed by atoms with E-state index in [4.69, 9.17) is 4.74 Å². The highest BCUT2D eigenvalue weighted by atomic mass is 19.3. The van der Waals surface area contributed by atoms with Gasteiger partial charge in [0.1, 0.15) is 11.6 Å². The number of benzene rings is 2. The van der Waals surface area contributed by atoms with Crippen LogP contribution < -0.4 is 0 Å². The number of halogens is 6. The molecule has 0 spiro atoms. The Hall–Kier alpha value is -2.10. The Morgan fingerprint density at radius 1 is 1.00 bits per heavy atom.